The highest BCUT2D eigenvalue weighted by molar-refractivity contribution is 14.1. The molecule has 0 radical (unpaired) electrons. The van der Waals surface area contributed by atoms with Crippen LogP contribution in [0.15, 0.2) is 84.6 Å². The molecule has 3 rings (SSSR count). The van der Waals surface area contributed by atoms with Crippen LogP contribution in [0.3, 0.4) is 0 Å². The molecule has 0 atom stereocenters. The van der Waals surface area contributed by atoms with E-state index >= 15 is 0 Å². The van der Waals surface area contributed by atoms with Crippen LogP contribution in [-0.4, -0.2) is 11.8 Å². The zero-order chi connectivity index (χ0) is 19.9. The summed E-state index contributed by atoms with van der Waals surface area (Å²) < 4.78 is 0.815. The van der Waals surface area contributed by atoms with Gasteiger partial charge in [-0.3, -0.25) is 9.59 Å². The van der Waals surface area contributed by atoms with Crippen molar-refractivity contribution in [2.75, 3.05) is 5.32 Å². The van der Waals surface area contributed by atoms with Gasteiger partial charge in [0, 0.05) is 9.26 Å². The van der Waals surface area contributed by atoms with Gasteiger partial charge in [0.05, 0.1) is 5.56 Å². The van der Waals surface area contributed by atoms with E-state index in [1.807, 2.05) is 73.7 Å². The zero-order valence-corrected chi connectivity index (χ0v) is 17.4. The number of rotatable bonds is 5. The number of anilines is 1. The molecule has 0 aliphatic carbocycles. The predicted octanol–water partition coefficient (Wildman–Crippen LogP) is 5.01. The van der Waals surface area contributed by atoms with Gasteiger partial charge in [0.25, 0.3) is 11.8 Å². The van der Waals surface area contributed by atoms with Crippen molar-refractivity contribution < 1.29 is 9.59 Å². The lowest BCUT2D eigenvalue weighted by atomic mass is 10.1. The van der Waals surface area contributed by atoms with E-state index in [0.29, 0.717) is 11.3 Å². The average molecular weight is 482 g/mol. The van der Waals surface area contributed by atoms with Gasteiger partial charge in [-0.05, 0) is 65.4 Å². The number of nitrogens with one attached hydrogen (secondary N) is 2. The first kappa shape index (κ1) is 19.8. The highest BCUT2D eigenvalue weighted by Gasteiger charge is 2.16. The molecule has 140 valence electrons. The minimum atomic E-state index is -0.382. The maximum Gasteiger partial charge on any atom is 0.272 e. The second-order valence-corrected chi connectivity index (χ2v) is 7.39. The molecular formula is C23H19IN2O2. The molecule has 0 spiro atoms. The number of benzene rings is 3. The molecule has 3 aromatic carbocycles. The van der Waals surface area contributed by atoms with Crippen molar-refractivity contribution >= 4 is 46.2 Å². The fourth-order valence-corrected chi connectivity index (χ4v) is 3.18. The van der Waals surface area contributed by atoms with Crippen LogP contribution in [0.25, 0.3) is 6.08 Å². The first-order valence-corrected chi connectivity index (χ1v) is 9.81. The van der Waals surface area contributed by atoms with Crippen molar-refractivity contribution in [3.8, 4) is 0 Å². The molecule has 0 aliphatic heterocycles. The fourth-order valence-electron chi connectivity index (χ4n) is 2.54. The van der Waals surface area contributed by atoms with Crippen LogP contribution in [0, 0.1) is 10.5 Å². The monoisotopic (exact) mass is 482 g/mol. The summed E-state index contributed by atoms with van der Waals surface area (Å²) in [4.78, 5) is 25.6. The minimum absolute atomic E-state index is 0.177. The Morgan fingerprint density at radius 2 is 1.50 bits per heavy atom. The number of carbonyl (C=O) groups excluding carboxylic acids is 2. The summed E-state index contributed by atoms with van der Waals surface area (Å²) in [5.74, 6) is -0.710. The first-order chi connectivity index (χ1) is 13.5. The van der Waals surface area contributed by atoms with E-state index in [9.17, 15) is 9.59 Å². The summed E-state index contributed by atoms with van der Waals surface area (Å²) >= 11 is 2.10. The van der Waals surface area contributed by atoms with Crippen molar-refractivity contribution in [2.24, 2.45) is 0 Å². The summed E-state index contributed by atoms with van der Waals surface area (Å²) in [5, 5.41) is 5.60. The van der Waals surface area contributed by atoms with Gasteiger partial charge < -0.3 is 10.6 Å². The topological polar surface area (TPSA) is 58.2 Å². The highest BCUT2D eigenvalue weighted by Crippen LogP contribution is 2.14. The Morgan fingerprint density at radius 3 is 2.18 bits per heavy atom. The molecule has 2 N–H and O–H groups in total. The fraction of sp³-hybridized carbons (Fsp3) is 0.0435. The quantitative estimate of drug-likeness (QED) is 0.397. The standard InChI is InChI=1S/C23H19IN2O2/c1-16-11-13-18(14-12-16)25-23(28)21(15-17-7-3-2-4-8-17)26-22(27)19-9-5-6-10-20(19)24/h2-15H,1H3,(H,25,28)(H,26,27). The lowest BCUT2D eigenvalue weighted by Crippen LogP contribution is -2.31. The smallest absolute Gasteiger partial charge is 0.272 e. The maximum absolute atomic E-state index is 12.9. The Kier molecular flexibility index (Phi) is 6.60. The molecule has 0 saturated heterocycles. The molecule has 0 fully saturated rings. The van der Waals surface area contributed by atoms with Gasteiger partial charge in [-0.2, -0.15) is 0 Å². The van der Waals surface area contributed by atoms with Gasteiger partial charge >= 0.3 is 0 Å². The lowest BCUT2D eigenvalue weighted by Gasteiger charge is -2.12. The number of aryl methyl sites for hydroxylation is 1. The van der Waals surface area contributed by atoms with E-state index in [0.717, 1.165) is 14.7 Å². The van der Waals surface area contributed by atoms with E-state index in [-0.39, 0.29) is 17.5 Å². The van der Waals surface area contributed by atoms with Crippen molar-refractivity contribution in [3.63, 3.8) is 0 Å². The molecule has 3 aromatic rings. The maximum atomic E-state index is 12.9. The first-order valence-electron chi connectivity index (χ1n) is 8.73. The summed E-state index contributed by atoms with van der Waals surface area (Å²) in [6.45, 7) is 1.98. The van der Waals surface area contributed by atoms with Crippen LogP contribution in [0.4, 0.5) is 5.69 Å². The van der Waals surface area contributed by atoms with Crippen molar-refractivity contribution in [1.82, 2.24) is 5.32 Å². The van der Waals surface area contributed by atoms with Crippen LogP contribution in [-0.2, 0) is 4.79 Å². The van der Waals surface area contributed by atoms with Crippen LogP contribution >= 0.6 is 22.6 Å². The summed E-state index contributed by atoms with van der Waals surface area (Å²) in [6.07, 6.45) is 1.66. The van der Waals surface area contributed by atoms with Crippen LogP contribution < -0.4 is 10.6 Å². The second kappa shape index (κ2) is 9.32. The molecular weight excluding hydrogens is 463 g/mol. The number of hydrogen-bond acceptors (Lipinski definition) is 2. The Labute approximate surface area is 177 Å². The third-order valence-electron chi connectivity index (χ3n) is 4.03. The second-order valence-electron chi connectivity index (χ2n) is 6.22. The SMILES string of the molecule is Cc1ccc(NC(=O)C(=Cc2ccccc2)NC(=O)c2ccccc2I)cc1. The van der Waals surface area contributed by atoms with Crippen molar-refractivity contribution in [1.29, 1.82) is 0 Å². The molecule has 5 heteroatoms. The summed E-state index contributed by atoms with van der Waals surface area (Å²) in [6, 6.07) is 24.1. The molecule has 28 heavy (non-hydrogen) atoms. The molecule has 0 bridgehead atoms. The zero-order valence-electron chi connectivity index (χ0n) is 15.3. The van der Waals surface area contributed by atoms with E-state index in [1.165, 1.54) is 0 Å². The average Bonchev–Trinajstić information content (AvgIpc) is 2.70. The number of halogens is 1. The van der Waals surface area contributed by atoms with Gasteiger partial charge in [0.15, 0.2) is 0 Å². The Hall–Kier alpha value is -2.93. The largest absolute Gasteiger partial charge is 0.321 e. The Bertz CT molecular complexity index is 1010. The van der Waals surface area contributed by atoms with Crippen molar-refractivity contribution in [2.45, 2.75) is 6.92 Å². The Balaban J connectivity index is 1.87. The van der Waals surface area contributed by atoms with Crippen LogP contribution in [0.1, 0.15) is 21.5 Å². The van der Waals surface area contributed by atoms with Gasteiger partial charge in [-0.25, -0.2) is 0 Å². The highest BCUT2D eigenvalue weighted by atomic mass is 127. The summed E-state index contributed by atoms with van der Waals surface area (Å²) in [5.41, 5.74) is 3.28. The van der Waals surface area contributed by atoms with E-state index in [2.05, 4.69) is 33.2 Å². The predicted molar refractivity (Wildman–Crippen MR) is 121 cm³/mol. The van der Waals surface area contributed by atoms with Crippen LogP contribution in [0.2, 0.25) is 0 Å². The van der Waals surface area contributed by atoms with Gasteiger partial charge in [-0.15, -0.1) is 0 Å². The van der Waals surface area contributed by atoms with E-state index in [1.54, 1.807) is 18.2 Å². The third-order valence-corrected chi connectivity index (χ3v) is 4.97. The summed E-state index contributed by atoms with van der Waals surface area (Å²) in [7, 11) is 0. The lowest BCUT2D eigenvalue weighted by molar-refractivity contribution is -0.113. The van der Waals surface area contributed by atoms with E-state index < -0.39 is 0 Å². The van der Waals surface area contributed by atoms with Gasteiger partial charge in [0.1, 0.15) is 5.70 Å². The molecule has 0 aliphatic rings. The number of hydrogen-bond donors (Lipinski definition) is 2. The molecule has 0 heterocycles. The molecule has 0 unspecified atom stereocenters. The molecule has 4 nitrogen and oxygen atoms in total. The van der Waals surface area contributed by atoms with Gasteiger partial charge in [-0.1, -0.05) is 60.2 Å². The molecule has 2 amide bonds. The molecule has 0 saturated carbocycles. The number of carbonyl (C=O) groups is 2. The number of amides is 2. The van der Waals surface area contributed by atoms with Crippen LogP contribution in [0.5, 0.6) is 0 Å². The van der Waals surface area contributed by atoms with Gasteiger partial charge in [0.2, 0.25) is 0 Å². The normalized spacial score (nSPS) is 11.0. The minimum Gasteiger partial charge on any atom is -0.321 e. The van der Waals surface area contributed by atoms with Crippen molar-refractivity contribution in [3.05, 3.63) is 105 Å². The Morgan fingerprint density at radius 1 is 0.857 bits per heavy atom. The third kappa shape index (κ3) is 5.29. The van der Waals surface area contributed by atoms with E-state index in [4.69, 9.17) is 0 Å². The molecule has 0 aromatic heterocycles.